The zero-order valence-electron chi connectivity index (χ0n) is 19.1. The van der Waals surface area contributed by atoms with Crippen molar-refractivity contribution in [2.75, 3.05) is 0 Å². The van der Waals surface area contributed by atoms with E-state index >= 15 is 0 Å². The summed E-state index contributed by atoms with van der Waals surface area (Å²) in [6.07, 6.45) is 1.65. The standard InChI is InChI=1S/C29H24N4O/c1-20-11-15-26(16-12-20)33-28(24-14-13-22-8-5-6-9-23(22)17-24)18-27(32-33)29(34)31-30-19-25-10-4-3-7-21(25)2/h3-19H,1-2H3,(H,31,34)/b30-19-. The Morgan fingerprint density at radius 3 is 2.38 bits per heavy atom. The van der Waals surface area contributed by atoms with Crippen LogP contribution in [0.3, 0.4) is 0 Å². The van der Waals surface area contributed by atoms with Crippen molar-refractivity contribution in [3.8, 4) is 16.9 Å². The highest BCUT2D eigenvalue weighted by molar-refractivity contribution is 5.95. The fourth-order valence-corrected chi connectivity index (χ4v) is 3.88. The van der Waals surface area contributed by atoms with Crippen LogP contribution >= 0.6 is 0 Å². The van der Waals surface area contributed by atoms with E-state index < -0.39 is 0 Å². The quantitative estimate of drug-likeness (QED) is 0.264. The number of hydrogen-bond donors (Lipinski definition) is 1. The fourth-order valence-electron chi connectivity index (χ4n) is 3.88. The van der Waals surface area contributed by atoms with Gasteiger partial charge in [0.25, 0.3) is 5.91 Å². The molecule has 4 aromatic carbocycles. The molecule has 5 nitrogen and oxygen atoms in total. The van der Waals surface area contributed by atoms with E-state index in [0.717, 1.165) is 44.4 Å². The van der Waals surface area contributed by atoms with Crippen LogP contribution in [0.25, 0.3) is 27.7 Å². The first-order valence-electron chi connectivity index (χ1n) is 11.1. The molecule has 1 aromatic heterocycles. The topological polar surface area (TPSA) is 59.3 Å². The van der Waals surface area contributed by atoms with Crippen molar-refractivity contribution in [1.82, 2.24) is 15.2 Å². The number of hydrogen-bond acceptors (Lipinski definition) is 3. The van der Waals surface area contributed by atoms with Gasteiger partial charge in [0.05, 0.1) is 17.6 Å². The summed E-state index contributed by atoms with van der Waals surface area (Å²) >= 11 is 0. The maximum Gasteiger partial charge on any atom is 0.291 e. The lowest BCUT2D eigenvalue weighted by molar-refractivity contribution is 0.0949. The van der Waals surface area contributed by atoms with E-state index in [1.54, 1.807) is 6.21 Å². The Kier molecular flexibility index (Phi) is 5.75. The van der Waals surface area contributed by atoms with Gasteiger partial charge in [-0.1, -0.05) is 78.4 Å². The molecule has 1 heterocycles. The maximum atomic E-state index is 12.9. The molecule has 0 aliphatic heterocycles. The number of benzene rings is 4. The van der Waals surface area contributed by atoms with Gasteiger partial charge in [-0.3, -0.25) is 4.79 Å². The number of aromatic nitrogens is 2. The number of aryl methyl sites for hydroxylation is 2. The van der Waals surface area contributed by atoms with Crippen LogP contribution in [0, 0.1) is 13.8 Å². The summed E-state index contributed by atoms with van der Waals surface area (Å²) in [6.45, 7) is 4.05. The molecule has 0 fully saturated rings. The first-order chi connectivity index (χ1) is 16.6. The van der Waals surface area contributed by atoms with Gasteiger partial charge in [0, 0.05) is 5.56 Å². The van der Waals surface area contributed by atoms with Gasteiger partial charge in [0.15, 0.2) is 5.69 Å². The molecule has 0 saturated heterocycles. The van der Waals surface area contributed by atoms with Crippen molar-refractivity contribution in [2.45, 2.75) is 13.8 Å². The first-order valence-corrected chi connectivity index (χ1v) is 11.1. The number of rotatable bonds is 5. The lowest BCUT2D eigenvalue weighted by Gasteiger charge is -2.09. The number of nitrogens with zero attached hydrogens (tertiary/aromatic N) is 3. The van der Waals surface area contributed by atoms with Crippen molar-refractivity contribution in [1.29, 1.82) is 0 Å². The molecule has 5 heteroatoms. The minimum atomic E-state index is -0.363. The van der Waals surface area contributed by atoms with Crippen LogP contribution < -0.4 is 5.43 Å². The van der Waals surface area contributed by atoms with E-state index in [9.17, 15) is 4.79 Å². The zero-order valence-corrected chi connectivity index (χ0v) is 19.1. The maximum absolute atomic E-state index is 12.9. The van der Waals surface area contributed by atoms with Gasteiger partial charge in [0.1, 0.15) is 0 Å². The van der Waals surface area contributed by atoms with Crippen molar-refractivity contribution < 1.29 is 4.79 Å². The van der Waals surface area contributed by atoms with Crippen LogP contribution in [-0.4, -0.2) is 21.9 Å². The lowest BCUT2D eigenvalue weighted by Crippen LogP contribution is -2.18. The van der Waals surface area contributed by atoms with Gasteiger partial charge in [0.2, 0.25) is 0 Å². The lowest BCUT2D eigenvalue weighted by atomic mass is 10.0. The van der Waals surface area contributed by atoms with Gasteiger partial charge in [-0.25, -0.2) is 10.1 Å². The molecule has 1 N–H and O–H groups in total. The summed E-state index contributed by atoms with van der Waals surface area (Å²) in [5.41, 5.74) is 8.80. The summed E-state index contributed by atoms with van der Waals surface area (Å²) in [5.74, 6) is -0.363. The molecule has 5 rings (SSSR count). The van der Waals surface area contributed by atoms with E-state index in [2.05, 4.69) is 46.0 Å². The second-order valence-electron chi connectivity index (χ2n) is 8.28. The summed E-state index contributed by atoms with van der Waals surface area (Å²) in [7, 11) is 0. The Balaban J connectivity index is 1.51. The van der Waals surface area contributed by atoms with Crippen LogP contribution in [-0.2, 0) is 0 Å². The van der Waals surface area contributed by atoms with Crippen LogP contribution in [0.4, 0.5) is 0 Å². The van der Waals surface area contributed by atoms with E-state index in [1.165, 1.54) is 0 Å². The van der Waals surface area contributed by atoms with Crippen LogP contribution in [0.15, 0.2) is 102 Å². The van der Waals surface area contributed by atoms with Crippen molar-refractivity contribution in [2.24, 2.45) is 5.10 Å². The normalized spacial score (nSPS) is 11.2. The largest absolute Gasteiger partial charge is 0.291 e. The van der Waals surface area contributed by atoms with E-state index in [-0.39, 0.29) is 5.91 Å². The molecule has 0 radical (unpaired) electrons. The van der Waals surface area contributed by atoms with Crippen molar-refractivity contribution in [3.63, 3.8) is 0 Å². The third-order valence-electron chi connectivity index (χ3n) is 5.82. The molecule has 166 valence electrons. The molecule has 0 unspecified atom stereocenters. The SMILES string of the molecule is Cc1ccc(-n2nc(C(=O)N/N=C\c3ccccc3C)cc2-c2ccc3ccccc3c2)cc1. The molecule has 34 heavy (non-hydrogen) atoms. The third kappa shape index (κ3) is 4.36. The Labute approximate surface area is 198 Å². The summed E-state index contributed by atoms with van der Waals surface area (Å²) < 4.78 is 1.81. The summed E-state index contributed by atoms with van der Waals surface area (Å²) in [4.78, 5) is 12.9. The van der Waals surface area contributed by atoms with Gasteiger partial charge < -0.3 is 0 Å². The van der Waals surface area contributed by atoms with E-state index in [1.807, 2.05) is 85.3 Å². The van der Waals surface area contributed by atoms with E-state index in [4.69, 9.17) is 0 Å². The smallest absolute Gasteiger partial charge is 0.265 e. The Morgan fingerprint density at radius 2 is 1.59 bits per heavy atom. The average Bonchev–Trinajstić information content (AvgIpc) is 3.31. The molecule has 1 amide bonds. The zero-order chi connectivity index (χ0) is 23.5. The minimum absolute atomic E-state index is 0.297. The second kappa shape index (κ2) is 9.16. The average molecular weight is 445 g/mol. The summed E-state index contributed by atoms with van der Waals surface area (Å²) in [6, 6.07) is 32.2. The third-order valence-corrected chi connectivity index (χ3v) is 5.82. The Morgan fingerprint density at radius 1 is 0.853 bits per heavy atom. The number of hydrazone groups is 1. The molecule has 0 saturated carbocycles. The van der Waals surface area contributed by atoms with Gasteiger partial charge in [-0.2, -0.15) is 10.2 Å². The van der Waals surface area contributed by atoms with Crippen molar-refractivity contribution in [3.05, 3.63) is 119 Å². The van der Waals surface area contributed by atoms with Crippen molar-refractivity contribution >= 4 is 22.9 Å². The monoisotopic (exact) mass is 444 g/mol. The molecule has 0 bridgehead atoms. The Hall–Kier alpha value is -4.51. The molecule has 0 spiro atoms. The van der Waals surface area contributed by atoms with Crippen LogP contribution in [0.2, 0.25) is 0 Å². The van der Waals surface area contributed by atoms with Gasteiger partial charge in [-0.15, -0.1) is 0 Å². The number of carbonyl (C=O) groups excluding carboxylic acids is 1. The summed E-state index contributed by atoms with van der Waals surface area (Å²) in [5, 5.41) is 11.1. The highest BCUT2D eigenvalue weighted by Crippen LogP contribution is 2.27. The predicted molar refractivity (Wildman–Crippen MR) is 137 cm³/mol. The highest BCUT2D eigenvalue weighted by atomic mass is 16.2. The van der Waals surface area contributed by atoms with Gasteiger partial charge in [-0.05, 0) is 60.0 Å². The molecular formula is C29H24N4O. The second-order valence-corrected chi connectivity index (χ2v) is 8.28. The number of fused-ring (bicyclic) bond motifs is 1. The number of amides is 1. The number of carbonyl (C=O) groups is 1. The molecule has 0 atom stereocenters. The van der Waals surface area contributed by atoms with Crippen LogP contribution in [0.5, 0.6) is 0 Å². The fraction of sp³-hybridized carbons (Fsp3) is 0.0690. The number of nitrogens with one attached hydrogen (secondary N) is 1. The first kappa shape index (κ1) is 21.3. The Bertz CT molecular complexity index is 1510. The minimum Gasteiger partial charge on any atom is -0.265 e. The molecular weight excluding hydrogens is 420 g/mol. The van der Waals surface area contributed by atoms with Gasteiger partial charge >= 0.3 is 0 Å². The molecule has 0 aliphatic carbocycles. The van der Waals surface area contributed by atoms with E-state index in [0.29, 0.717) is 5.69 Å². The predicted octanol–water partition coefficient (Wildman–Crippen LogP) is 6.07. The highest BCUT2D eigenvalue weighted by Gasteiger charge is 2.17. The molecule has 0 aliphatic rings. The van der Waals surface area contributed by atoms with Crippen LogP contribution in [0.1, 0.15) is 27.2 Å². The molecule has 5 aromatic rings.